The Morgan fingerprint density at radius 3 is 1.57 bits per heavy atom. The van der Waals surface area contributed by atoms with Gasteiger partial charge in [0.1, 0.15) is 0 Å². The van der Waals surface area contributed by atoms with E-state index >= 15 is 0 Å². The summed E-state index contributed by atoms with van der Waals surface area (Å²) >= 11 is 0. The van der Waals surface area contributed by atoms with Crippen molar-refractivity contribution in [2.24, 2.45) is 17.4 Å². The highest BCUT2D eigenvalue weighted by Crippen LogP contribution is 1.81. The van der Waals surface area contributed by atoms with Crippen molar-refractivity contribution in [2.75, 3.05) is 13.1 Å². The Bertz CT molecular complexity index is 25.3. The van der Waals surface area contributed by atoms with Gasteiger partial charge in [0.2, 0.25) is 0 Å². The molecule has 0 aliphatic heterocycles. The van der Waals surface area contributed by atoms with Gasteiger partial charge in [0, 0.05) is 0 Å². The van der Waals surface area contributed by atoms with Crippen LogP contribution in [0.3, 0.4) is 0 Å². The van der Waals surface area contributed by atoms with E-state index < -0.39 is 0 Å². The normalized spacial score (nSPS) is 8.57. The Hall–Kier alpha value is -0.0800. The van der Waals surface area contributed by atoms with Crippen molar-refractivity contribution in [3.05, 3.63) is 0 Å². The predicted octanol–water partition coefficient (Wildman–Crippen LogP) is 0.176. The van der Waals surface area contributed by atoms with Crippen molar-refractivity contribution in [3.8, 4) is 0 Å². The molecule has 4 N–H and O–H groups in total. The Morgan fingerprint density at radius 1 is 1.29 bits per heavy atom. The van der Waals surface area contributed by atoms with Crippen LogP contribution in [0, 0.1) is 5.92 Å². The van der Waals surface area contributed by atoms with Gasteiger partial charge in [0.05, 0.1) is 0 Å². The molecule has 0 radical (unpaired) electrons. The molecular formula is C5H16N2. The van der Waals surface area contributed by atoms with Gasteiger partial charge in [-0.05, 0) is 19.0 Å². The first-order chi connectivity index (χ1) is 2.81. The molecule has 0 amide bonds. The SMILES string of the molecule is C.CC(CN)CN. The molecule has 0 aromatic carbocycles. The molecule has 0 saturated carbocycles. The van der Waals surface area contributed by atoms with Crippen molar-refractivity contribution >= 4 is 0 Å². The maximum Gasteiger partial charge on any atom is -0.00395 e. The lowest BCUT2D eigenvalue weighted by Gasteiger charge is -1.99. The first-order valence-corrected chi connectivity index (χ1v) is 2.21. The standard InChI is InChI=1S/C4H12N2.CH4/c1-4(2-5)3-6;/h4H,2-3,5-6H2,1H3;1H4. The van der Waals surface area contributed by atoms with E-state index in [4.69, 9.17) is 11.5 Å². The quantitative estimate of drug-likeness (QED) is 0.525. The lowest BCUT2D eigenvalue weighted by atomic mass is 10.2. The summed E-state index contributed by atoms with van der Waals surface area (Å²) in [7, 11) is 0. The molecule has 0 fully saturated rings. The van der Waals surface area contributed by atoms with Gasteiger partial charge in [0.15, 0.2) is 0 Å². The minimum atomic E-state index is 0. The average molecular weight is 104 g/mol. The van der Waals surface area contributed by atoms with E-state index in [1.165, 1.54) is 0 Å². The minimum Gasteiger partial charge on any atom is -0.330 e. The third-order valence-corrected chi connectivity index (χ3v) is 0.805. The van der Waals surface area contributed by atoms with E-state index in [0.29, 0.717) is 19.0 Å². The maximum absolute atomic E-state index is 5.20. The zero-order chi connectivity index (χ0) is 4.99. The summed E-state index contributed by atoms with van der Waals surface area (Å²) < 4.78 is 0. The van der Waals surface area contributed by atoms with Crippen LogP contribution in [-0.4, -0.2) is 13.1 Å². The Kier molecular flexibility index (Phi) is 8.47. The average Bonchev–Trinajstić information content (AvgIpc) is 1.65. The minimum absolute atomic E-state index is 0. The summed E-state index contributed by atoms with van der Waals surface area (Å²) in [6, 6.07) is 0. The Morgan fingerprint density at radius 2 is 1.57 bits per heavy atom. The molecule has 0 aromatic rings. The molecule has 0 aliphatic rings. The first-order valence-electron chi connectivity index (χ1n) is 2.21. The van der Waals surface area contributed by atoms with Crippen LogP contribution in [-0.2, 0) is 0 Å². The van der Waals surface area contributed by atoms with Gasteiger partial charge in [-0.25, -0.2) is 0 Å². The lowest BCUT2D eigenvalue weighted by Crippen LogP contribution is -2.19. The topological polar surface area (TPSA) is 52.0 Å². The monoisotopic (exact) mass is 104 g/mol. The van der Waals surface area contributed by atoms with Crippen LogP contribution in [0.1, 0.15) is 14.4 Å². The summed E-state index contributed by atoms with van der Waals surface area (Å²) in [5.41, 5.74) is 10.4. The van der Waals surface area contributed by atoms with E-state index in [1.54, 1.807) is 0 Å². The number of rotatable bonds is 2. The second-order valence-electron chi connectivity index (χ2n) is 1.58. The van der Waals surface area contributed by atoms with Gasteiger partial charge in [-0.15, -0.1) is 0 Å². The fourth-order valence-electron chi connectivity index (χ4n) is 0.0962. The van der Waals surface area contributed by atoms with Gasteiger partial charge >= 0.3 is 0 Å². The van der Waals surface area contributed by atoms with Crippen molar-refractivity contribution < 1.29 is 0 Å². The maximum atomic E-state index is 5.20. The smallest absolute Gasteiger partial charge is 0.00395 e. The summed E-state index contributed by atoms with van der Waals surface area (Å²) in [5, 5.41) is 0. The number of nitrogens with two attached hydrogens (primary N) is 2. The molecule has 0 atom stereocenters. The third kappa shape index (κ3) is 5.92. The highest BCUT2D eigenvalue weighted by molar-refractivity contribution is 4.49. The van der Waals surface area contributed by atoms with Crippen LogP contribution >= 0.6 is 0 Å². The second-order valence-corrected chi connectivity index (χ2v) is 1.58. The van der Waals surface area contributed by atoms with Gasteiger partial charge in [-0.1, -0.05) is 14.4 Å². The summed E-state index contributed by atoms with van der Waals surface area (Å²) in [6.07, 6.45) is 0. The van der Waals surface area contributed by atoms with Crippen molar-refractivity contribution in [1.82, 2.24) is 0 Å². The molecule has 0 spiro atoms. The van der Waals surface area contributed by atoms with Crippen LogP contribution in [0.2, 0.25) is 0 Å². The molecule has 2 nitrogen and oxygen atoms in total. The molecule has 0 rings (SSSR count). The highest BCUT2D eigenvalue weighted by Gasteiger charge is 1.89. The van der Waals surface area contributed by atoms with Crippen LogP contribution in [0.25, 0.3) is 0 Å². The molecule has 46 valence electrons. The number of hydrogen-bond donors (Lipinski definition) is 2. The summed E-state index contributed by atoms with van der Waals surface area (Å²) in [5.74, 6) is 0.491. The molecule has 0 saturated heterocycles. The highest BCUT2D eigenvalue weighted by atomic mass is 14.6. The second kappa shape index (κ2) is 5.92. The van der Waals surface area contributed by atoms with Gasteiger partial charge in [-0.2, -0.15) is 0 Å². The van der Waals surface area contributed by atoms with E-state index in [1.807, 2.05) is 6.92 Å². The van der Waals surface area contributed by atoms with Gasteiger partial charge in [-0.3, -0.25) is 0 Å². The van der Waals surface area contributed by atoms with Crippen LogP contribution in [0.15, 0.2) is 0 Å². The molecule has 7 heavy (non-hydrogen) atoms. The molecule has 2 heteroatoms. The van der Waals surface area contributed by atoms with Gasteiger partial charge in [0.25, 0.3) is 0 Å². The van der Waals surface area contributed by atoms with Crippen LogP contribution in [0.5, 0.6) is 0 Å². The zero-order valence-electron chi connectivity index (χ0n) is 4.15. The predicted molar refractivity (Wildman–Crippen MR) is 34.0 cm³/mol. The molecular weight excluding hydrogens is 88.1 g/mol. The Balaban J connectivity index is 0. The van der Waals surface area contributed by atoms with E-state index in [9.17, 15) is 0 Å². The van der Waals surface area contributed by atoms with Crippen LogP contribution < -0.4 is 11.5 Å². The van der Waals surface area contributed by atoms with E-state index in [-0.39, 0.29) is 7.43 Å². The molecule has 0 unspecified atom stereocenters. The van der Waals surface area contributed by atoms with E-state index in [2.05, 4.69) is 0 Å². The molecule has 0 aromatic heterocycles. The summed E-state index contributed by atoms with van der Waals surface area (Å²) in [6.45, 7) is 3.44. The fraction of sp³-hybridized carbons (Fsp3) is 1.00. The Labute approximate surface area is 45.9 Å². The fourth-order valence-corrected chi connectivity index (χ4v) is 0.0962. The number of hydrogen-bond acceptors (Lipinski definition) is 2. The van der Waals surface area contributed by atoms with Crippen LogP contribution in [0.4, 0.5) is 0 Å². The lowest BCUT2D eigenvalue weighted by molar-refractivity contribution is 0.608. The summed E-state index contributed by atoms with van der Waals surface area (Å²) in [4.78, 5) is 0. The first kappa shape index (κ1) is 10.0. The van der Waals surface area contributed by atoms with Crippen molar-refractivity contribution in [2.45, 2.75) is 14.4 Å². The zero-order valence-corrected chi connectivity index (χ0v) is 4.15. The molecule has 0 bridgehead atoms. The van der Waals surface area contributed by atoms with Crippen molar-refractivity contribution in [1.29, 1.82) is 0 Å². The largest absolute Gasteiger partial charge is 0.330 e. The third-order valence-electron chi connectivity index (χ3n) is 0.805. The molecule has 0 heterocycles. The van der Waals surface area contributed by atoms with Gasteiger partial charge < -0.3 is 11.5 Å². The molecule has 0 aliphatic carbocycles. The van der Waals surface area contributed by atoms with E-state index in [0.717, 1.165) is 0 Å². The van der Waals surface area contributed by atoms with Crippen molar-refractivity contribution in [3.63, 3.8) is 0 Å².